The van der Waals surface area contributed by atoms with Crippen LogP contribution in [0.5, 0.6) is 0 Å². The molecule has 4 aromatic rings. The van der Waals surface area contributed by atoms with Crippen molar-refractivity contribution in [1.29, 1.82) is 0 Å². The Morgan fingerprint density at radius 1 is 0.795 bits per heavy atom. The van der Waals surface area contributed by atoms with Gasteiger partial charge < -0.3 is 10.6 Å². The molecule has 0 heterocycles. The Labute approximate surface area is 230 Å². The van der Waals surface area contributed by atoms with Crippen molar-refractivity contribution < 1.29 is 18.8 Å². The molecule has 4 rings (SSSR count). The van der Waals surface area contributed by atoms with Crippen LogP contribution in [-0.2, 0) is 4.79 Å². The summed E-state index contributed by atoms with van der Waals surface area (Å²) in [4.78, 5) is 38.5. The zero-order chi connectivity index (χ0) is 27.8. The first-order chi connectivity index (χ1) is 18.8. The fourth-order valence-electron chi connectivity index (χ4n) is 3.60. The van der Waals surface area contributed by atoms with Crippen molar-refractivity contribution in [2.45, 2.75) is 6.92 Å². The topological polar surface area (TPSA) is 75.3 Å². The average molecular weight is 539 g/mol. The van der Waals surface area contributed by atoms with Gasteiger partial charge in [-0.1, -0.05) is 71.8 Å². The highest BCUT2D eigenvalue weighted by atomic mass is 35.5. The molecule has 0 unspecified atom stereocenters. The molecule has 0 aliphatic rings. The summed E-state index contributed by atoms with van der Waals surface area (Å²) in [6.07, 6.45) is 4.40. The number of halogens is 2. The molecule has 194 valence electrons. The summed E-state index contributed by atoms with van der Waals surface area (Å²) in [5.74, 6) is -2.09. The van der Waals surface area contributed by atoms with Crippen molar-refractivity contribution in [3.05, 3.63) is 147 Å². The number of hydrogen-bond acceptors (Lipinski definition) is 3. The number of ketones is 1. The summed E-state index contributed by atoms with van der Waals surface area (Å²) >= 11 is 6.14. The monoisotopic (exact) mass is 538 g/mol. The van der Waals surface area contributed by atoms with Crippen LogP contribution >= 0.6 is 11.6 Å². The smallest absolute Gasteiger partial charge is 0.272 e. The molecule has 0 aromatic heterocycles. The van der Waals surface area contributed by atoms with Crippen molar-refractivity contribution in [3.8, 4) is 0 Å². The molecule has 0 fully saturated rings. The second-order valence-electron chi connectivity index (χ2n) is 8.65. The lowest BCUT2D eigenvalue weighted by atomic mass is 10.1. The molecular weight excluding hydrogens is 515 g/mol. The molecular formula is C32H24ClFN2O3. The van der Waals surface area contributed by atoms with E-state index in [1.54, 1.807) is 60.7 Å². The zero-order valence-electron chi connectivity index (χ0n) is 21.0. The number of rotatable bonds is 8. The number of hydrogen-bond donors (Lipinski definition) is 2. The van der Waals surface area contributed by atoms with Gasteiger partial charge in [-0.15, -0.1) is 0 Å². The minimum absolute atomic E-state index is 0.0426. The van der Waals surface area contributed by atoms with E-state index < -0.39 is 17.6 Å². The molecule has 7 heteroatoms. The van der Waals surface area contributed by atoms with Crippen molar-refractivity contribution in [3.63, 3.8) is 0 Å². The van der Waals surface area contributed by atoms with Crippen LogP contribution < -0.4 is 10.6 Å². The average Bonchev–Trinajstić information content (AvgIpc) is 2.94. The predicted molar refractivity (Wildman–Crippen MR) is 153 cm³/mol. The van der Waals surface area contributed by atoms with E-state index in [1.807, 2.05) is 31.2 Å². The molecule has 0 aliphatic heterocycles. The first-order valence-corrected chi connectivity index (χ1v) is 12.4. The third kappa shape index (κ3) is 7.37. The standard InChI is InChI=1S/C32H24ClFN2O3/c1-21-10-12-22(13-11-21)14-19-30(37)23-15-17-25(18-16-23)35-32(39)29(20-26-27(33)8-5-9-28(26)34)36-31(38)24-6-3-2-4-7-24/h2-20H,1H3,(H,35,39)(H,36,38)/b19-14+,29-20-. The van der Waals surface area contributed by atoms with Gasteiger partial charge in [-0.2, -0.15) is 0 Å². The quantitative estimate of drug-likeness (QED) is 0.186. The van der Waals surface area contributed by atoms with Gasteiger partial charge in [0.2, 0.25) is 0 Å². The molecule has 4 aromatic carbocycles. The van der Waals surface area contributed by atoms with Gasteiger partial charge in [-0.25, -0.2) is 4.39 Å². The fraction of sp³-hybridized carbons (Fsp3) is 0.0312. The van der Waals surface area contributed by atoms with Crippen LogP contribution in [0, 0.1) is 12.7 Å². The third-order valence-corrected chi connectivity index (χ3v) is 6.08. The van der Waals surface area contributed by atoms with Gasteiger partial charge in [-0.3, -0.25) is 14.4 Å². The van der Waals surface area contributed by atoms with E-state index >= 15 is 0 Å². The number of carbonyl (C=O) groups excluding carboxylic acids is 3. The molecule has 0 bridgehead atoms. The van der Waals surface area contributed by atoms with Gasteiger partial charge in [0.1, 0.15) is 11.5 Å². The Bertz CT molecular complexity index is 1540. The summed E-state index contributed by atoms with van der Waals surface area (Å²) in [6, 6.07) is 26.5. The maximum Gasteiger partial charge on any atom is 0.272 e. The van der Waals surface area contributed by atoms with Gasteiger partial charge in [0, 0.05) is 22.4 Å². The first kappa shape index (κ1) is 27.2. The number of amides is 2. The van der Waals surface area contributed by atoms with E-state index in [4.69, 9.17) is 11.6 Å². The SMILES string of the molecule is Cc1ccc(/C=C/C(=O)c2ccc(NC(=O)/C(=C/c3c(F)cccc3Cl)NC(=O)c3ccccc3)cc2)cc1. The lowest BCUT2D eigenvalue weighted by Gasteiger charge is -2.12. The van der Waals surface area contributed by atoms with Gasteiger partial charge in [0.25, 0.3) is 11.8 Å². The highest BCUT2D eigenvalue weighted by Crippen LogP contribution is 2.22. The summed E-state index contributed by atoms with van der Waals surface area (Å²) in [5, 5.41) is 5.29. The highest BCUT2D eigenvalue weighted by Gasteiger charge is 2.17. The summed E-state index contributed by atoms with van der Waals surface area (Å²) < 4.78 is 14.5. The van der Waals surface area contributed by atoms with Gasteiger partial charge in [0.05, 0.1) is 5.02 Å². The van der Waals surface area contributed by atoms with Crippen LogP contribution in [0.2, 0.25) is 5.02 Å². The lowest BCUT2D eigenvalue weighted by molar-refractivity contribution is -0.113. The van der Waals surface area contributed by atoms with E-state index in [0.29, 0.717) is 16.8 Å². The largest absolute Gasteiger partial charge is 0.321 e. The molecule has 0 spiro atoms. The summed E-state index contributed by atoms with van der Waals surface area (Å²) in [7, 11) is 0. The Hall–Kier alpha value is -4.81. The maximum absolute atomic E-state index is 14.5. The first-order valence-electron chi connectivity index (χ1n) is 12.0. The normalized spacial score (nSPS) is 11.3. The Morgan fingerprint density at radius 3 is 2.15 bits per heavy atom. The van der Waals surface area contributed by atoms with Crippen LogP contribution in [0.4, 0.5) is 10.1 Å². The van der Waals surface area contributed by atoms with Crippen LogP contribution in [0.3, 0.4) is 0 Å². The highest BCUT2D eigenvalue weighted by molar-refractivity contribution is 6.32. The van der Waals surface area contributed by atoms with E-state index in [-0.39, 0.29) is 22.1 Å². The minimum Gasteiger partial charge on any atom is -0.321 e. The maximum atomic E-state index is 14.5. The second-order valence-corrected chi connectivity index (χ2v) is 9.06. The van der Waals surface area contributed by atoms with Gasteiger partial charge in [-0.05, 0) is 73.2 Å². The molecule has 0 saturated heterocycles. The summed E-state index contributed by atoms with van der Waals surface area (Å²) in [6.45, 7) is 1.99. The minimum atomic E-state index is -0.697. The van der Waals surface area contributed by atoms with Crippen molar-refractivity contribution in [2.75, 3.05) is 5.32 Å². The predicted octanol–water partition coefficient (Wildman–Crippen LogP) is 7.09. The van der Waals surface area contributed by atoms with Crippen molar-refractivity contribution in [2.24, 2.45) is 0 Å². The number of anilines is 1. The molecule has 0 saturated carbocycles. The number of allylic oxidation sites excluding steroid dienone is 1. The van der Waals surface area contributed by atoms with E-state index in [2.05, 4.69) is 10.6 Å². The summed E-state index contributed by atoms with van der Waals surface area (Å²) in [5.41, 5.74) is 2.91. The number of benzene rings is 4. The van der Waals surface area contributed by atoms with Gasteiger partial charge >= 0.3 is 0 Å². The van der Waals surface area contributed by atoms with E-state index in [0.717, 1.165) is 11.1 Å². The third-order valence-electron chi connectivity index (χ3n) is 5.75. The van der Waals surface area contributed by atoms with Crippen molar-refractivity contribution in [1.82, 2.24) is 5.32 Å². The molecule has 2 N–H and O–H groups in total. The molecule has 2 amide bonds. The van der Waals surface area contributed by atoms with E-state index in [9.17, 15) is 18.8 Å². The molecule has 0 aliphatic carbocycles. The number of aryl methyl sites for hydroxylation is 1. The fourth-order valence-corrected chi connectivity index (χ4v) is 3.81. The van der Waals surface area contributed by atoms with Crippen molar-refractivity contribution >= 4 is 47.0 Å². The molecule has 5 nitrogen and oxygen atoms in total. The lowest BCUT2D eigenvalue weighted by Crippen LogP contribution is -2.30. The Morgan fingerprint density at radius 2 is 1.49 bits per heavy atom. The van der Waals surface area contributed by atoms with Gasteiger partial charge in [0.15, 0.2) is 5.78 Å². The number of carbonyl (C=O) groups is 3. The molecule has 0 atom stereocenters. The van der Waals surface area contributed by atoms with Crippen LogP contribution in [0.1, 0.15) is 37.4 Å². The second kappa shape index (κ2) is 12.6. The van der Waals surface area contributed by atoms with Crippen LogP contribution in [-0.4, -0.2) is 17.6 Å². The zero-order valence-corrected chi connectivity index (χ0v) is 21.7. The van der Waals surface area contributed by atoms with Crippen LogP contribution in [0.15, 0.2) is 109 Å². The van der Waals surface area contributed by atoms with E-state index in [1.165, 1.54) is 30.4 Å². The van der Waals surface area contributed by atoms with Crippen LogP contribution in [0.25, 0.3) is 12.2 Å². The Balaban J connectivity index is 1.52. The number of nitrogens with one attached hydrogen (secondary N) is 2. The Kier molecular flexibility index (Phi) is 8.82. The molecule has 0 radical (unpaired) electrons. The molecule has 39 heavy (non-hydrogen) atoms.